The number of amides is 1. The normalized spacial score (nSPS) is 17.2. The number of nitrogens with zero attached hydrogens (tertiary/aromatic N) is 2. The monoisotopic (exact) mass is 436 g/mol. The van der Waals surface area contributed by atoms with E-state index in [-0.39, 0.29) is 24.1 Å². The molecule has 0 atom stereocenters. The molecule has 0 radical (unpaired) electrons. The number of hydrogen-bond acceptors (Lipinski definition) is 7. The number of aryl methyl sites for hydroxylation is 1. The Bertz CT molecular complexity index is 1090. The fourth-order valence-electron chi connectivity index (χ4n) is 3.43. The molecule has 2 aromatic carbocycles. The molecule has 1 fully saturated rings. The van der Waals surface area contributed by atoms with Crippen molar-refractivity contribution in [3.63, 3.8) is 0 Å². The first kappa shape index (κ1) is 21.6. The van der Waals surface area contributed by atoms with Gasteiger partial charge in [0, 0.05) is 18.7 Å². The van der Waals surface area contributed by atoms with Gasteiger partial charge in [-0.15, -0.1) is 0 Å². The second-order valence-electron chi connectivity index (χ2n) is 7.34. The van der Waals surface area contributed by atoms with Crippen molar-refractivity contribution in [1.82, 2.24) is 4.90 Å². The first-order valence-electron chi connectivity index (χ1n) is 10.3. The smallest absolute Gasteiger partial charge is 0.363 e. The molecule has 0 bridgehead atoms. The van der Waals surface area contributed by atoms with Gasteiger partial charge in [0.15, 0.2) is 23.8 Å². The number of carbonyl (C=O) groups excluding carboxylic acids is 2. The fraction of sp³-hybridized carbons (Fsp3) is 0.292. The van der Waals surface area contributed by atoms with Gasteiger partial charge in [0.05, 0.1) is 20.3 Å². The number of cyclic esters (lactones) is 1. The third kappa shape index (κ3) is 4.81. The average molecular weight is 436 g/mol. The van der Waals surface area contributed by atoms with E-state index in [1.807, 2.05) is 31.2 Å². The molecule has 2 aliphatic heterocycles. The Morgan fingerprint density at radius 3 is 2.69 bits per heavy atom. The zero-order valence-corrected chi connectivity index (χ0v) is 18.0. The molecule has 4 rings (SSSR count). The van der Waals surface area contributed by atoms with Gasteiger partial charge < -0.3 is 23.8 Å². The molecule has 2 heterocycles. The van der Waals surface area contributed by atoms with Crippen molar-refractivity contribution >= 4 is 23.9 Å². The highest BCUT2D eigenvalue weighted by atomic mass is 16.6. The Kier molecular flexibility index (Phi) is 6.51. The van der Waals surface area contributed by atoms with Crippen LogP contribution in [0.4, 0.5) is 0 Å². The maximum atomic E-state index is 12.3. The maximum Gasteiger partial charge on any atom is 0.363 e. The Hall–Kier alpha value is -3.65. The average Bonchev–Trinajstić information content (AvgIpc) is 3.18. The molecule has 0 saturated carbocycles. The van der Waals surface area contributed by atoms with Crippen LogP contribution in [0.15, 0.2) is 53.2 Å². The van der Waals surface area contributed by atoms with Crippen LogP contribution in [-0.2, 0) is 19.1 Å². The lowest BCUT2D eigenvalue weighted by molar-refractivity contribution is -0.137. The van der Waals surface area contributed by atoms with E-state index in [2.05, 4.69) is 4.99 Å². The predicted octanol–water partition coefficient (Wildman–Crippen LogP) is 2.59. The number of aliphatic imine (C=N–C) groups is 1. The Morgan fingerprint density at radius 2 is 1.94 bits per heavy atom. The predicted molar refractivity (Wildman–Crippen MR) is 118 cm³/mol. The van der Waals surface area contributed by atoms with Crippen molar-refractivity contribution in [2.24, 2.45) is 4.99 Å². The number of methoxy groups -OCH3 is 1. The lowest BCUT2D eigenvalue weighted by Gasteiger charge is -2.26. The zero-order chi connectivity index (χ0) is 22.5. The maximum absolute atomic E-state index is 12.3. The van der Waals surface area contributed by atoms with Gasteiger partial charge in [-0.05, 0) is 42.3 Å². The third-order valence-corrected chi connectivity index (χ3v) is 5.20. The Morgan fingerprint density at radius 1 is 1.16 bits per heavy atom. The second kappa shape index (κ2) is 9.65. The minimum absolute atomic E-state index is 0.0901. The summed E-state index contributed by atoms with van der Waals surface area (Å²) < 4.78 is 21.7. The second-order valence-corrected chi connectivity index (χ2v) is 7.34. The van der Waals surface area contributed by atoms with E-state index in [1.54, 1.807) is 29.2 Å². The van der Waals surface area contributed by atoms with E-state index < -0.39 is 5.97 Å². The molecule has 2 aromatic rings. The summed E-state index contributed by atoms with van der Waals surface area (Å²) in [6.45, 7) is 4.04. The van der Waals surface area contributed by atoms with Gasteiger partial charge in [-0.25, -0.2) is 9.79 Å². The fourth-order valence-corrected chi connectivity index (χ4v) is 3.43. The van der Waals surface area contributed by atoms with Gasteiger partial charge in [0.25, 0.3) is 5.91 Å². The molecule has 0 aromatic heterocycles. The summed E-state index contributed by atoms with van der Waals surface area (Å²) in [4.78, 5) is 30.7. The van der Waals surface area contributed by atoms with Crippen LogP contribution in [-0.4, -0.2) is 62.7 Å². The number of carbonyl (C=O) groups is 2. The highest BCUT2D eigenvalue weighted by Gasteiger charge is 2.25. The third-order valence-electron chi connectivity index (χ3n) is 5.20. The molecule has 0 spiro atoms. The molecule has 1 amide bonds. The van der Waals surface area contributed by atoms with Gasteiger partial charge in [-0.3, -0.25) is 4.79 Å². The quantitative estimate of drug-likeness (QED) is 0.511. The molecule has 1 saturated heterocycles. The molecule has 0 aliphatic carbocycles. The van der Waals surface area contributed by atoms with E-state index in [0.29, 0.717) is 43.4 Å². The van der Waals surface area contributed by atoms with Gasteiger partial charge in [-0.2, -0.15) is 0 Å². The van der Waals surface area contributed by atoms with Crippen LogP contribution in [0.25, 0.3) is 6.08 Å². The molecule has 8 nitrogen and oxygen atoms in total. The van der Waals surface area contributed by atoms with Crippen molar-refractivity contribution in [2.75, 3.05) is 40.0 Å². The van der Waals surface area contributed by atoms with Crippen molar-refractivity contribution in [3.8, 4) is 11.5 Å². The van der Waals surface area contributed by atoms with Crippen molar-refractivity contribution in [2.45, 2.75) is 6.92 Å². The van der Waals surface area contributed by atoms with Crippen LogP contribution in [0.3, 0.4) is 0 Å². The number of rotatable bonds is 6. The first-order valence-corrected chi connectivity index (χ1v) is 10.3. The lowest BCUT2D eigenvalue weighted by atomic mass is 10.1. The summed E-state index contributed by atoms with van der Waals surface area (Å²) in [6, 6.07) is 12.8. The molecule has 0 unspecified atom stereocenters. The van der Waals surface area contributed by atoms with Gasteiger partial charge in [0.1, 0.15) is 0 Å². The summed E-state index contributed by atoms with van der Waals surface area (Å²) >= 11 is 0. The summed E-state index contributed by atoms with van der Waals surface area (Å²) in [7, 11) is 1.52. The molecule has 8 heteroatoms. The summed E-state index contributed by atoms with van der Waals surface area (Å²) in [5, 5.41) is 0. The van der Waals surface area contributed by atoms with Crippen LogP contribution in [0.1, 0.15) is 16.7 Å². The SMILES string of the molecule is COc1cc(C=C2N=C(c3ccccc3C)OC2=O)ccc1OCC(=O)N1CCOCC1. The standard InChI is InChI=1S/C24H24N2O6/c1-16-5-3-4-6-18(16)23-25-19(24(28)32-23)13-17-7-8-20(21(14-17)29-2)31-15-22(27)26-9-11-30-12-10-26/h3-8,13-14H,9-12,15H2,1-2H3. The van der Waals surface area contributed by atoms with Crippen LogP contribution < -0.4 is 9.47 Å². The summed E-state index contributed by atoms with van der Waals surface area (Å²) in [5.74, 6) is 0.554. The van der Waals surface area contributed by atoms with E-state index in [0.717, 1.165) is 11.1 Å². The number of benzene rings is 2. The first-order chi connectivity index (χ1) is 15.5. The molecule has 166 valence electrons. The Balaban J connectivity index is 1.48. The van der Waals surface area contributed by atoms with E-state index >= 15 is 0 Å². The lowest BCUT2D eigenvalue weighted by Crippen LogP contribution is -2.43. The number of hydrogen-bond donors (Lipinski definition) is 0. The highest BCUT2D eigenvalue weighted by Crippen LogP contribution is 2.30. The van der Waals surface area contributed by atoms with Gasteiger partial charge in [-0.1, -0.05) is 24.3 Å². The van der Waals surface area contributed by atoms with Crippen molar-refractivity contribution in [3.05, 3.63) is 64.9 Å². The van der Waals surface area contributed by atoms with E-state index in [9.17, 15) is 9.59 Å². The van der Waals surface area contributed by atoms with Gasteiger partial charge >= 0.3 is 5.97 Å². The number of morpholine rings is 1. The summed E-state index contributed by atoms with van der Waals surface area (Å²) in [5.41, 5.74) is 2.63. The van der Waals surface area contributed by atoms with Crippen molar-refractivity contribution < 1.29 is 28.5 Å². The molecular formula is C24H24N2O6. The molecule has 0 N–H and O–H groups in total. The van der Waals surface area contributed by atoms with E-state index in [4.69, 9.17) is 18.9 Å². The zero-order valence-electron chi connectivity index (χ0n) is 18.0. The van der Waals surface area contributed by atoms with Crippen LogP contribution in [0.2, 0.25) is 0 Å². The largest absolute Gasteiger partial charge is 0.493 e. The molecule has 32 heavy (non-hydrogen) atoms. The topological polar surface area (TPSA) is 86.7 Å². The van der Waals surface area contributed by atoms with Crippen LogP contribution in [0.5, 0.6) is 11.5 Å². The van der Waals surface area contributed by atoms with Crippen LogP contribution >= 0.6 is 0 Å². The minimum atomic E-state index is -0.515. The van der Waals surface area contributed by atoms with E-state index in [1.165, 1.54) is 7.11 Å². The van der Waals surface area contributed by atoms with Gasteiger partial charge in [0.2, 0.25) is 5.90 Å². The Labute approximate surface area is 186 Å². The molecule has 2 aliphatic rings. The van der Waals surface area contributed by atoms with Crippen LogP contribution in [0, 0.1) is 6.92 Å². The minimum Gasteiger partial charge on any atom is -0.493 e. The number of ether oxygens (including phenoxy) is 4. The number of esters is 1. The highest BCUT2D eigenvalue weighted by molar-refractivity contribution is 6.13. The molecular weight excluding hydrogens is 412 g/mol. The van der Waals surface area contributed by atoms with Crippen molar-refractivity contribution in [1.29, 1.82) is 0 Å². The summed E-state index contributed by atoms with van der Waals surface area (Å²) in [6.07, 6.45) is 1.62.